The first-order valence-electron chi connectivity index (χ1n) is 6.28. The van der Waals surface area contributed by atoms with Gasteiger partial charge in [0.15, 0.2) is 0 Å². The Bertz CT molecular complexity index is 942. The molecule has 2 aromatic heterocycles. The van der Waals surface area contributed by atoms with E-state index in [9.17, 15) is 4.79 Å². The largest absolute Gasteiger partial charge is 0.455 e. The van der Waals surface area contributed by atoms with E-state index in [1.165, 1.54) is 0 Å². The summed E-state index contributed by atoms with van der Waals surface area (Å²) >= 11 is 0. The maximum Gasteiger partial charge on any atom is 0.261 e. The third-order valence-electron chi connectivity index (χ3n) is 3.23. The molecule has 0 spiro atoms. The van der Waals surface area contributed by atoms with Gasteiger partial charge < -0.3 is 4.42 Å². The normalized spacial score (nSPS) is 11.0. The first-order valence-corrected chi connectivity index (χ1v) is 6.28. The van der Waals surface area contributed by atoms with Gasteiger partial charge in [-0.2, -0.15) is 0 Å². The zero-order valence-corrected chi connectivity index (χ0v) is 10.7. The number of amides is 1. The van der Waals surface area contributed by atoms with Crippen molar-refractivity contribution in [2.24, 2.45) is 0 Å². The number of nitrogens with zero attached hydrogens (tertiary/aromatic N) is 3. The second-order valence-electron chi connectivity index (χ2n) is 4.48. The second kappa shape index (κ2) is 4.41. The predicted octanol–water partition coefficient (Wildman–Crippen LogP) is 2.35. The Morgan fingerprint density at radius 2 is 1.95 bits per heavy atom. The summed E-state index contributed by atoms with van der Waals surface area (Å²) in [6.07, 6.45) is 0. The fraction of sp³-hybridized carbons (Fsp3) is 0. The smallest absolute Gasteiger partial charge is 0.261 e. The van der Waals surface area contributed by atoms with Crippen LogP contribution in [0.3, 0.4) is 0 Å². The van der Waals surface area contributed by atoms with Gasteiger partial charge in [0.2, 0.25) is 5.95 Å². The highest BCUT2D eigenvalue weighted by molar-refractivity contribution is 6.16. The van der Waals surface area contributed by atoms with Crippen molar-refractivity contribution in [1.29, 1.82) is 0 Å². The average Bonchev–Trinajstić information content (AvgIpc) is 3.13. The Morgan fingerprint density at radius 1 is 1.10 bits per heavy atom. The van der Waals surface area contributed by atoms with Gasteiger partial charge in [0.05, 0.1) is 5.56 Å². The Balaban J connectivity index is 1.86. The molecule has 2 N–H and O–H groups in total. The van der Waals surface area contributed by atoms with Gasteiger partial charge in [0, 0.05) is 10.8 Å². The predicted molar refractivity (Wildman–Crippen MR) is 75.9 cm³/mol. The molecule has 4 aromatic rings. The van der Waals surface area contributed by atoms with Crippen molar-refractivity contribution >= 4 is 33.8 Å². The number of benzene rings is 2. The lowest BCUT2D eigenvalue weighted by atomic mass is 10.1. The highest BCUT2D eigenvalue weighted by Gasteiger charge is 2.16. The van der Waals surface area contributed by atoms with Crippen molar-refractivity contribution in [2.75, 3.05) is 5.32 Å². The average molecular weight is 279 g/mol. The van der Waals surface area contributed by atoms with Crippen LogP contribution in [-0.4, -0.2) is 26.5 Å². The lowest BCUT2D eigenvalue weighted by Crippen LogP contribution is -2.13. The van der Waals surface area contributed by atoms with Crippen LogP contribution in [-0.2, 0) is 0 Å². The first kappa shape index (κ1) is 11.6. The van der Waals surface area contributed by atoms with Gasteiger partial charge in [-0.05, 0) is 22.6 Å². The minimum Gasteiger partial charge on any atom is -0.455 e. The molecule has 0 fully saturated rings. The fourth-order valence-corrected chi connectivity index (χ4v) is 2.31. The lowest BCUT2D eigenvalue weighted by Gasteiger charge is -2.01. The number of para-hydroxylation sites is 2. The summed E-state index contributed by atoms with van der Waals surface area (Å²) in [7, 11) is 0. The SMILES string of the molecule is O=C(Nc1nnn[nH]1)c1cccc2c1oc1ccccc12. The molecule has 102 valence electrons. The van der Waals surface area contributed by atoms with Crippen molar-refractivity contribution in [2.45, 2.75) is 0 Å². The number of hydrogen-bond acceptors (Lipinski definition) is 5. The van der Waals surface area contributed by atoms with Crippen molar-refractivity contribution < 1.29 is 9.21 Å². The van der Waals surface area contributed by atoms with Crippen LogP contribution in [0.1, 0.15) is 10.4 Å². The van der Waals surface area contributed by atoms with E-state index in [2.05, 4.69) is 25.9 Å². The summed E-state index contributed by atoms with van der Waals surface area (Å²) in [4.78, 5) is 12.3. The van der Waals surface area contributed by atoms with Crippen LogP contribution in [0.5, 0.6) is 0 Å². The number of H-pyrrole nitrogens is 1. The van der Waals surface area contributed by atoms with Gasteiger partial charge in [-0.3, -0.25) is 10.1 Å². The van der Waals surface area contributed by atoms with Gasteiger partial charge in [-0.1, -0.05) is 35.4 Å². The molecule has 0 bridgehead atoms. The van der Waals surface area contributed by atoms with Crippen molar-refractivity contribution in [1.82, 2.24) is 20.6 Å². The van der Waals surface area contributed by atoms with Crippen LogP contribution in [0.4, 0.5) is 5.95 Å². The molecule has 0 atom stereocenters. The van der Waals surface area contributed by atoms with Crippen molar-refractivity contribution in [3.8, 4) is 0 Å². The van der Waals surface area contributed by atoms with Gasteiger partial charge in [0.1, 0.15) is 11.2 Å². The van der Waals surface area contributed by atoms with E-state index >= 15 is 0 Å². The summed E-state index contributed by atoms with van der Waals surface area (Å²) in [6.45, 7) is 0. The van der Waals surface area contributed by atoms with Crippen LogP contribution in [0.25, 0.3) is 21.9 Å². The van der Waals surface area contributed by atoms with Crippen LogP contribution in [0, 0.1) is 0 Å². The molecule has 0 aliphatic heterocycles. The number of aromatic amines is 1. The molecule has 0 saturated carbocycles. The fourth-order valence-electron chi connectivity index (χ4n) is 2.31. The standard InChI is InChI=1S/C14H9N5O2/c20-13(15-14-16-18-19-17-14)10-6-3-5-9-8-4-1-2-7-11(8)21-12(9)10/h1-7H,(H2,15,16,17,18,19,20). The zero-order valence-electron chi connectivity index (χ0n) is 10.7. The number of aromatic nitrogens is 4. The topological polar surface area (TPSA) is 96.7 Å². The third-order valence-corrected chi connectivity index (χ3v) is 3.23. The molecule has 0 aliphatic rings. The van der Waals surface area contributed by atoms with Crippen LogP contribution < -0.4 is 5.32 Å². The Kier molecular flexibility index (Phi) is 2.43. The number of tetrazole rings is 1. The minimum absolute atomic E-state index is 0.188. The van der Waals surface area contributed by atoms with Gasteiger partial charge >= 0.3 is 0 Å². The lowest BCUT2D eigenvalue weighted by molar-refractivity contribution is 0.102. The molecule has 4 rings (SSSR count). The quantitative estimate of drug-likeness (QED) is 0.587. The number of anilines is 1. The van der Waals surface area contributed by atoms with E-state index < -0.39 is 0 Å². The van der Waals surface area contributed by atoms with E-state index in [-0.39, 0.29) is 11.9 Å². The molecule has 7 heteroatoms. The summed E-state index contributed by atoms with van der Waals surface area (Å²) in [5, 5.41) is 17.4. The molecule has 21 heavy (non-hydrogen) atoms. The number of carbonyl (C=O) groups excluding carboxylic acids is 1. The van der Waals surface area contributed by atoms with Gasteiger partial charge in [-0.25, -0.2) is 5.10 Å². The molecule has 7 nitrogen and oxygen atoms in total. The number of nitrogens with one attached hydrogen (secondary N) is 2. The molecule has 0 radical (unpaired) electrons. The van der Waals surface area contributed by atoms with Gasteiger partial charge in [0.25, 0.3) is 5.91 Å². The Morgan fingerprint density at radius 3 is 2.81 bits per heavy atom. The van der Waals surface area contributed by atoms with Crippen molar-refractivity contribution in [3.63, 3.8) is 0 Å². The highest BCUT2D eigenvalue weighted by Crippen LogP contribution is 2.30. The van der Waals surface area contributed by atoms with E-state index in [0.29, 0.717) is 11.1 Å². The molecule has 0 saturated heterocycles. The maximum absolute atomic E-state index is 12.3. The Labute approximate surface area is 117 Å². The Hall–Kier alpha value is -3.22. The molecule has 2 aromatic carbocycles. The van der Waals surface area contributed by atoms with E-state index in [0.717, 1.165) is 16.4 Å². The van der Waals surface area contributed by atoms with E-state index in [1.807, 2.05) is 36.4 Å². The van der Waals surface area contributed by atoms with Gasteiger partial charge in [-0.15, -0.1) is 0 Å². The number of carbonyl (C=O) groups is 1. The molecular weight excluding hydrogens is 270 g/mol. The molecule has 2 heterocycles. The molecular formula is C14H9N5O2. The zero-order chi connectivity index (χ0) is 14.2. The first-order chi connectivity index (χ1) is 10.3. The summed E-state index contributed by atoms with van der Waals surface area (Å²) in [6, 6.07) is 13.1. The number of fused-ring (bicyclic) bond motifs is 3. The monoisotopic (exact) mass is 279 g/mol. The van der Waals surface area contributed by atoms with E-state index in [4.69, 9.17) is 4.42 Å². The molecule has 0 aliphatic carbocycles. The highest BCUT2D eigenvalue weighted by atomic mass is 16.3. The van der Waals surface area contributed by atoms with Crippen molar-refractivity contribution in [3.05, 3.63) is 48.0 Å². The maximum atomic E-state index is 12.3. The van der Waals surface area contributed by atoms with E-state index in [1.54, 1.807) is 6.07 Å². The number of rotatable bonds is 2. The number of hydrogen-bond donors (Lipinski definition) is 2. The second-order valence-corrected chi connectivity index (χ2v) is 4.48. The minimum atomic E-state index is -0.335. The summed E-state index contributed by atoms with van der Waals surface area (Å²) < 4.78 is 5.80. The number of furan rings is 1. The third kappa shape index (κ3) is 1.83. The molecule has 0 unspecified atom stereocenters. The summed E-state index contributed by atoms with van der Waals surface area (Å²) in [5.74, 6) is -0.147. The van der Waals surface area contributed by atoms with Crippen LogP contribution >= 0.6 is 0 Å². The van der Waals surface area contributed by atoms with Crippen LogP contribution in [0.15, 0.2) is 46.9 Å². The summed E-state index contributed by atoms with van der Waals surface area (Å²) in [5.41, 5.74) is 1.72. The molecule has 1 amide bonds. The van der Waals surface area contributed by atoms with Crippen LogP contribution in [0.2, 0.25) is 0 Å².